The van der Waals surface area contributed by atoms with Crippen LogP contribution in [0.25, 0.3) is 0 Å². The second kappa shape index (κ2) is 6.22. The number of nitrogens with zero attached hydrogens (tertiary/aromatic N) is 1. The van der Waals surface area contributed by atoms with Crippen molar-refractivity contribution in [3.63, 3.8) is 0 Å². The van der Waals surface area contributed by atoms with Crippen LogP contribution in [0.5, 0.6) is 0 Å². The standard InChI is InChI=1S/C22H25F3N2O2/c23-22(24,25)17-3-1-14(2-4-17)15-5-7-20(9-15)12-27(13-20)19(29)16-10-21(11-16)8-6-18(28)26-21/h1-4,15-16H,5-13H2,(H,26,28)/t15-,16?,21?/m1/s1. The normalized spacial score (nSPS) is 32.9. The summed E-state index contributed by atoms with van der Waals surface area (Å²) < 4.78 is 38.3. The van der Waals surface area contributed by atoms with Gasteiger partial charge in [0, 0.05) is 36.4 Å². The van der Waals surface area contributed by atoms with Crippen LogP contribution in [0, 0.1) is 11.3 Å². The van der Waals surface area contributed by atoms with Gasteiger partial charge in [-0.2, -0.15) is 13.2 Å². The summed E-state index contributed by atoms with van der Waals surface area (Å²) in [5, 5.41) is 3.03. The van der Waals surface area contributed by atoms with Crippen molar-refractivity contribution in [3.05, 3.63) is 35.4 Å². The first kappa shape index (κ1) is 18.9. The molecule has 7 heteroatoms. The number of carbonyl (C=O) groups excluding carboxylic acids is 2. The summed E-state index contributed by atoms with van der Waals surface area (Å²) in [5.74, 6) is 0.604. The first-order valence-corrected chi connectivity index (χ1v) is 10.4. The molecule has 4 aliphatic rings. The van der Waals surface area contributed by atoms with E-state index in [9.17, 15) is 22.8 Å². The van der Waals surface area contributed by atoms with Gasteiger partial charge in [-0.05, 0) is 62.1 Å². The van der Waals surface area contributed by atoms with Gasteiger partial charge in [-0.25, -0.2) is 0 Å². The van der Waals surface area contributed by atoms with Crippen LogP contribution in [0.2, 0.25) is 0 Å². The summed E-state index contributed by atoms with van der Waals surface area (Å²) in [6, 6.07) is 5.56. The first-order valence-electron chi connectivity index (χ1n) is 10.4. The zero-order chi connectivity index (χ0) is 20.4. The minimum absolute atomic E-state index is 0.0258. The summed E-state index contributed by atoms with van der Waals surface area (Å²) in [7, 11) is 0. The fourth-order valence-electron chi connectivity index (χ4n) is 6.04. The molecule has 1 atom stereocenters. The number of alkyl halides is 3. The molecule has 1 aromatic carbocycles. The van der Waals surface area contributed by atoms with Crippen molar-refractivity contribution in [3.8, 4) is 0 Å². The Bertz CT molecular complexity index is 837. The molecule has 2 aliphatic heterocycles. The number of amides is 2. The molecule has 1 aromatic rings. The Morgan fingerprint density at radius 1 is 1.07 bits per heavy atom. The predicted octanol–water partition coefficient (Wildman–Crippen LogP) is 3.86. The van der Waals surface area contributed by atoms with Gasteiger partial charge in [0.05, 0.1) is 5.56 Å². The topological polar surface area (TPSA) is 49.4 Å². The summed E-state index contributed by atoms with van der Waals surface area (Å²) in [4.78, 5) is 26.2. The number of halogens is 3. The van der Waals surface area contributed by atoms with E-state index >= 15 is 0 Å². The van der Waals surface area contributed by atoms with E-state index in [0.717, 1.165) is 57.2 Å². The smallest absolute Gasteiger partial charge is 0.351 e. The molecule has 29 heavy (non-hydrogen) atoms. The molecule has 2 saturated heterocycles. The van der Waals surface area contributed by atoms with Crippen LogP contribution in [0.4, 0.5) is 13.2 Å². The quantitative estimate of drug-likeness (QED) is 0.811. The lowest BCUT2D eigenvalue weighted by Gasteiger charge is -2.53. The molecule has 156 valence electrons. The molecule has 0 bridgehead atoms. The zero-order valence-corrected chi connectivity index (χ0v) is 16.2. The molecule has 1 N–H and O–H groups in total. The van der Waals surface area contributed by atoms with Gasteiger partial charge in [-0.15, -0.1) is 0 Å². The summed E-state index contributed by atoms with van der Waals surface area (Å²) in [6.07, 6.45) is 1.55. The van der Waals surface area contributed by atoms with E-state index in [4.69, 9.17) is 0 Å². The minimum Gasteiger partial charge on any atom is -0.351 e. The van der Waals surface area contributed by atoms with E-state index in [1.807, 2.05) is 4.90 Å². The first-order chi connectivity index (χ1) is 13.7. The average Bonchev–Trinajstić information content (AvgIpc) is 3.22. The molecule has 2 heterocycles. The maximum Gasteiger partial charge on any atom is 0.416 e. The van der Waals surface area contributed by atoms with Crippen LogP contribution in [-0.4, -0.2) is 35.3 Å². The van der Waals surface area contributed by atoms with Gasteiger partial charge < -0.3 is 10.2 Å². The zero-order valence-electron chi connectivity index (χ0n) is 16.2. The highest BCUT2D eigenvalue weighted by atomic mass is 19.4. The molecule has 2 aliphatic carbocycles. The number of rotatable bonds is 2. The number of nitrogens with one attached hydrogen (secondary N) is 1. The van der Waals surface area contributed by atoms with Crippen molar-refractivity contribution < 1.29 is 22.8 Å². The van der Waals surface area contributed by atoms with Crippen molar-refractivity contribution in [1.29, 1.82) is 0 Å². The average molecular weight is 406 g/mol. The van der Waals surface area contributed by atoms with E-state index < -0.39 is 11.7 Å². The van der Waals surface area contributed by atoms with Crippen molar-refractivity contribution >= 4 is 11.8 Å². The molecule has 5 rings (SSSR count). The minimum atomic E-state index is -4.30. The number of carbonyl (C=O) groups is 2. The Kier molecular flexibility index (Phi) is 4.07. The molecule has 0 aromatic heterocycles. The Hall–Kier alpha value is -2.05. The highest BCUT2D eigenvalue weighted by molar-refractivity contribution is 5.84. The summed E-state index contributed by atoms with van der Waals surface area (Å²) >= 11 is 0. The monoisotopic (exact) mass is 406 g/mol. The molecular weight excluding hydrogens is 381 g/mol. The van der Waals surface area contributed by atoms with Crippen molar-refractivity contribution in [2.45, 2.75) is 62.6 Å². The van der Waals surface area contributed by atoms with Gasteiger partial charge in [0.1, 0.15) is 0 Å². The van der Waals surface area contributed by atoms with Gasteiger partial charge in [-0.1, -0.05) is 12.1 Å². The maximum atomic E-state index is 12.8. The molecule has 4 nitrogen and oxygen atoms in total. The maximum absolute atomic E-state index is 12.8. The van der Waals surface area contributed by atoms with Crippen molar-refractivity contribution in [1.82, 2.24) is 10.2 Å². The Labute approximate surface area is 167 Å². The Morgan fingerprint density at radius 2 is 1.76 bits per heavy atom. The van der Waals surface area contributed by atoms with Gasteiger partial charge in [0.15, 0.2) is 0 Å². The number of likely N-dealkylation sites (tertiary alicyclic amines) is 1. The molecule has 2 amide bonds. The van der Waals surface area contributed by atoms with E-state index in [1.54, 1.807) is 12.1 Å². The van der Waals surface area contributed by atoms with Crippen molar-refractivity contribution in [2.24, 2.45) is 11.3 Å². The van der Waals surface area contributed by atoms with Crippen LogP contribution in [0.1, 0.15) is 62.0 Å². The van der Waals surface area contributed by atoms with Crippen LogP contribution in [-0.2, 0) is 15.8 Å². The van der Waals surface area contributed by atoms with Gasteiger partial charge in [-0.3, -0.25) is 9.59 Å². The van der Waals surface area contributed by atoms with Crippen LogP contribution >= 0.6 is 0 Å². The molecule has 2 spiro atoms. The Morgan fingerprint density at radius 3 is 2.34 bits per heavy atom. The van der Waals surface area contributed by atoms with Gasteiger partial charge in [0.25, 0.3) is 0 Å². The van der Waals surface area contributed by atoms with Gasteiger partial charge >= 0.3 is 6.18 Å². The van der Waals surface area contributed by atoms with E-state index in [-0.39, 0.29) is 34.6 Å². The second-order valence-corrected chi connectivity index (χ2v) is 9.69. The van der Waals surface area contributed by atoms with E-state index in [2.05, 4.69) is 5.32 Å². The number of hydrogen-bond acceptors (Lipinski definition) is 2. The molecule has 2 saturated carbocycles. The highest BCUT2D eigenvalue weighted by Crippen LogP contribution is 2.53. The van der Waals surface area contributed by atoms with Gasteiger partial charge in [0.2, 0.25) is 11.8 Å². The van der Waals surface area contributed by atoms with E-state index in [0.29, 0.717) is 6.42 Å². The lowest BCUT2D eigenvalue weighted by atomic mass is 9.66. The molecular formula is C22H25F3N2O2. The lowest BCUT2D eigenvalue weighted by Crippen LogP contribution is -2.63. The predicted molar refractivity (Wildman–Crippen MR) is 99.9 cm³/mol. The Balaban J connectivity index is 1.14. The summed E-state index contributed by atoms with van der Waals surface area (Å²) in [5.41, 5.74) is 0.371. The SMILES string of the molecule is O=C1CCC2(CC(C(=O)N3CC4(CC[C@@H](c5ccc(C(F)(F)F)cc5)C4)C3)C2)N1. The third-order valence-corrected chi connectivity index (χ3v) is 7.63. The van der Waals surface area contributed by atoms with Crippen LogP contribution < -0.4 is 5.32 Å². The fraction of sp³-hybridized carbons (Fsp3) is 0.636. The number of benzene rings is 1. The van der Waals surface area contributed by atoms with E-state index in [1.165, 1.54) is 12.1 Å². The lowest BCUT2D eigenvalue weighted by molar-refractivity contribution is -0.153. The third-order valence-electron chi connectivity index (χ3n) is 7.63. The van der Waals surface area contributed by atoms with Crippen LogP contribution in [0.3, 0.4) is 0 Å². The molecule has 0 unspecified atom stereocenters. The third kappa shape index (κ3) is 3.22. The molecule has 0 radical (unpaired) electrons. The summed E-state index contributed by atoms with van der Waals surface area (Å²) in [6.45, 7) is 1.53. The second-order valence-electron chi connectivity index (χ2n) is 9.69. The van der Waals surface area contributed by atoms with Crippen LogP contribution in [0.15, 0.2) is 24.3 Å². The number of hydrogen-bond donors (Lipinski definition) is 1. The van der Waals surface area contributed by atoms with Crippen molar-refractivity contribution in [2.75, 3.05) is 13.1 Å². The highest BCUT2D eigenvalue weighted by Gasteiger charge is 2.55. The largest absolute Gasteiger partial charge is 0.416 e. The fourth-order valence-corrected chi connectivity index (χ4v) is 6.04. The molecule has 4 fully saturated rings.